The van der Waals surface area contributed by atoms with E-state index in [1.165, 1.54) is 22.9 Å². The molecule has 1 saturated heterocycles. The Labute approximate surface area is 144 Å². The van der Waals surface area contributed by atoms with Crippen molar-refractivity contribution in [1.29, 1.82) is 0 Å². The molecular formula is C19H19F2N3O. The van der Waals surface area contributed by atoms with Crippen molar-refractivity contribution in [2.24, 2.45) is 5.92 Å². The van der Waals surface area contributed by atoms with E-state index in [2.05, 4.69) is 10.4 Å². The fraction of sp³-hybridized carbons (Fsp3) is 0.316. The van der Waals surface area contributed by atoms with Crippen LogP contribution in [0.25, 0.3) is 16.6 Å². The molecule has 0 spiro atoms. The second-order valence-electron chi connectivity index (χ2n) is 6.35. The van der Waals surface area contributed by atoms with E-state index in [0.717, 1.165) is 25.9 Å². The van der Waals surface area contributed by atoms with E-state index in [1.54, 1.807) is 24.3 Å². The van der Waals surface area contributed by atoms with E-state index in [4.69, 9.17) is 4.74 Å². The van der Waals surface area contributed by atoms with Crippen LogP contribution >= 0.6 is 0 Å². The molecule has 2 aromatic carbocycles. The predicted molar refractivity (Wildman–Crippen MR) is 92.1 cm³/mol. The Morgan fingerprint density at radius 1 is 1.20 bits per heavy atom. The predicted octanol–water partition coefficient (Wildman–Crippen LogP) is 3.68. The molecule has 0 bridgehead atoms. The van der Waals surface area contributed by atoms with Crippen LogP contribution < -0.4 is 10.1 Å². The number of fused-ring (bicyclic) bond motifs is 1. The minimum absolute atomic E-state index is 0.271. The summed E-state index contributed by atoms with van der Waals surface area (Å²) in [5.74, 6) is 0.0129. The second-order valence-corrected chi connectivity index (χ2v) is 6.35. The summed E-state index contributed by atoms with van der Waals surface area (Å²) in [5, 5.41) is 8.44. The van der Waals surface area contributed by atoms with Crippen LogP contribution in [-0.2, 0) is 0 Å². The second kappa shape index (κ2) is 6.80. The summed E-state index contributed by atoms with van der Waals surface area (Å²) in [4.78, 5) is 0. The molecule has 6 heteroatoms. The Morgan fingerprint density at radius 3 is 2.88 bits per heavy atom. The number of hydrogen-bond acceptors (Lipinski definition) is 3. The molecule has 1 N–H and O–H groups in total. The van der Waals surface area contributed by atoms with Gasteiger partial charge >= 0.3 is 0 Å². The summed E-state index contributed by atoms with van der Waals surface area (Å²) in [5.41, 5.74) is 0.758. The van der Waals surface area contributed by atoms with Crippen molar-refractivity contribution in [3.63, 3.8) is 0 Å². The summed E-state index contributed by atoms with van der Waals surface area (Å²) in [6.07, 6.45) is 2.23. The number of nitrogens with zero attached hydrogens (tertiary/aromatic N) is 2. The number of piperidine rings is 1. The zero-order chi connectivity index (χ0) is 17.2. The molecule has 2 heterocycles. The molecule has 0 radical (unpaired) electrons. The standard InChI is InChI=1S/C19H19F2N3O/c20-14-7-8-15-18(10-14)24(17-6-2-1-5-16(17)21)23-19(15)25-12-13-4-3-9-22-11-13/h1-2,5-8,10,13,22H,3-4,9,11-12H2. The first-order chi connectivity index (χ1) is 12.2. The largest absolute Gasteiger partial charge is 0.476 e. The average molecular weight is 343 g/mol. The summed E-state index contributed by atoms with van der Waals surface area (Å²) in [7, 11) is 0. The third kappa shape index (κ3) is 3.22. The highest BCUT2D eigenvalue weighted by Crippen LogP contribution is 2.29. The molecule has 25 heavy (non-hydrogen) atoms. The van der Waals surface area contributed by atoms with Gasteiger partial charge in [0.2, 0.25) is 5.88 Å². The van der Waals surface area contributed by atoms with Gasteiger partial charge < -0.3 is 10.1 Å². The molecule has 0 amide bonds. The van der Waals surface area contributed by atoms with Gasteiger partial charge in [0, 0.05) is 18.5 Å². The Balaban J connectivity index is 1.71. The molecule has 1 fully saturated rings. The number of rotatable bonds is 4. The number of nitrogens with one attached hydrogen (secondary N) is 1. The lowest BCUT2D eigenvalue weighted by Crippen LogP contribution is -2.33. The lowest BCUT2D eigenvalue weighted by molar-refractivity contribution is 0.213. The first kappa shape index (κ1) is 16.0. The van der Waals surface area contributed by atoms with Gasteiger partial charge in [-0.2, -0.15) is 0 Å². The Bertz CT molecular complexity index is 888. The van der Waals surface area contributed by atoms with Crippen molar-refractivity contribution in [3.05, 3.63) is 54.1 Å². The number of para-hydroxylation sites is 1. The minimum Gasteiger partial charge on any atom is -0.476 e. The monoisotopic (exact) mass is 343 g/mol. The van der Waals surface area contributed by atoms with Gasteiger partial charge in [0.05, 0.1) is 17.5 Å². The molecule has 1 atom stereocenters. The molecule has 1 aliphatic heterocycles. The molecule has 0 saturated carbocycles. The number of halogens is 2. The van der Waals surface area contributed by atoms with Crippen LogP contribution in [0.5, 0.6) is 5.88 Å². The van der Waals surface area contributed by atoms with E-state index in [9.17, 15) is 8.78 Å². The molecule has 4 nitrogen and oxygen atoms in total. The lowest BCUT2D eigenvalue weighted by atomic mass is 10.0. The maximum atomic E-state index is 14.2. The van der Waals surface area contributed by atoms with Gasteiger partial charge in [-0.05, 0) is 43.7 Å². The van der Waals surface area contributed by atoms with Gasteiger partial charge in [0.25, 0.3) is 0 Å². The Morgan fingerprint density at radius 2 is 2.08 bits per heavy atom. The smallest absolute Gasteiger partial charge is 0.241 e. The summed E-state index contributed by atoms with van der Waals surface area (Å²) in [6, 6.07) is 10.6. The number of hydrogen-bond donors (Lipinski definition) is 1. The van der Waals surface area contributed by atoms with Gasteiger partial charge in [-0.25, -0.2) is 13.5 Å². The molecule has 1 unspecified atom stereocenters. The van der Waals surface area contributed by atoms with Gasteiger partial charge in [-0.15, -0.1) is 5.10 Å². The highest BCUT2D eigenvalue weighted by atomic mass is 19.1. The van der Waals surface area contributed by atoms with Crippen LogP contribution in [0.4, 0.5) is 8.78 Å². The maximum Gasteiger partial charge on any atom is 0.241 e. The topological polar surface area (TPSA) is 39.1 Å². The van der Waals surface area contributed by atoms with Crippen LogP contribution in [0, 0.1) is 17.6 Å². The van der Waals surface area contributed by atoms with Crippen LogP contribution in [-0.4, -0.2) is 29.5 Å². The zero-order valence-corrected chi connectivity index (χ0v) is 13.7. The van der Waals surface area contributed by atoms with E-state index < -0.39 is 11.6 Å². The first-order valence-electron chi connectivity index (χ1n) is 8.49. The number of aromatic nitrogens is 2. The molecule has 1 aliphatic rings. The van der Waals surface area contributed by atoms with Crippen LogP contribution in [0.2, 0.25) is 0 Å². The summed E-state index contributed by atoms with van der Waals surface area (Å²) >= 11 is 0. The third-order valence-corrected chi connectivity index (χ3v) is 4.54. The van der Waals surface area contributed by atoms with Crippen LogP contribution in [0.15, 0.2) is 42.5 Å². The maximum absolute atomic E-state index is 14.2. The van der Waals surface area contributed by atoms with Gasteiger partial charge in [0.15, 0.2) is 0 Å². The molecule has 0 aliphatic carbocycles. The van der Waals surface area contributed by atoms with Gasteiger partial charge in [0.1, 0.15) is 17.3 Å². The van der Waals surface area contributed by atoms with Crippen molar-refractivity contribution in [3.8, 4) is 11.6 Å². The Hall–Kier alpha value is -2.47. The fourth-order valence-electron chi connectivity index (χ4n) is 3.24. The van der Waals surface area contributed by atoms with E-state index in [0.29, 0.717) is 29.3 Å². The number of benzene rings is 2. The SMILES string of the molecule is Fc1ccc2c(OCC3CCCNC3)nn(-c3ccccc3F)c2c1. The summed E-state index contributed by atoms with van der Waals surface area (Å²) in [6.45, 7) is 2.50. The Kier molecular flexibility index (Phi) is 4.36. The highest BCUT2D eigenvalue weighted by molar-refractivity contribution is 5.86. The van der Waals surface area contributed by atoms with Crippen molar-refractivity contribution >= 4 is 10.9 Å². The van der Waals surface area contributed by atoms with Crippen molar-refractivity contribution in [2.45, 2.75) is 12.8 Å². The molecule has 130 valence electrons. The first-order valence-corrected chi connectivity index (χ1v) is 8.49. The molecule has 3 aromatic rings. The molecular weight excluding hydrogens is 324 g/mol. The fourth-order valence-corrected chi connectivity index (χ4v) is 3.24. The van der Waals surface area contributed by atoms with Crippen molar-refractivity contribution < 1.29 is 13.5 Å². The van der Waals surface area contributed by atoms with Gasteiger partial charge in [-0.1, -0.05) is 12.1 Å². The highest BCUT2D eigenvalue weighted by Gasteiger charge is 2.19. The van der Waals surface area contributed by atoms with Crippen LogP contribution in [0.3, 0.4) is 0 Å². The number of ether oxygens (including phenoxy) is 1. The van der Waals surface area contributed by atoms with Crippen LogP contribution in [0.1, 0.15) is 12.8 Å². The van der Waals surface area contributed by atoms with E-state index in [1.807, 2.05) is 0 Å². The van der Waals surface area contributed by atoms with Crippen molar-refractivity contribution in [2.75, 3.05) is 19.7 Å². The van der Waals surface area contributed by atoms with Gasteiger partial charge in [-0.3, -0.25) is 0 Å². The average Bonchev–Trinajstić information content (AvgIpc) is 2.99. The normalized spacial score (nSPS) is 17.8. The van der Waals surface area contributed by atoms with E-state index >= 15 is 0 Å². The quantitative estimate of drug-likeness (QED) is 0.785. The third-order valence-electron chi connectivity index (χ3n) is 4.54. The molecule has 4 rings (SSSR count). The summed E-state index contributed by atoms with van der Waals surface area (Å²) < 4.78 is 35.2. The van der Waals surface area contributed by atoms with E-state index in [-0.39, 0.29) is 5.69 Å². The lowest BCUT2D eigenvalue weighted by Gasteiger charge is -2.22. The minimum atomic E-state index is -0.417. The zero-order valence-electron chi connectivity index (χ0n) is 13.7. The van der Waals surface area contributed by atoms with Crippen molar-refractivity contribution in [1.82, 2.24) is 15.1 Å². The molecule has 1 aromatic heterocycles.